The lowest BCUT2D eigenvalue weighted by molar-refractivity contribution is -0.131. The minimum atomic E-state index is -0.307. The molecule has 0 spiro atoms. The smallest absolute Gasteiger partial charge is 0.237 e. The largest absolute Gasteiger partial charge is 0.508 e. The minimum absolute atomic E-state index is 0.0449. The first-order valence-electron chi connectivity index (χ1n) is 8.17. The summed E-state index contributed by atoms with van der Waals surface area (Å²) in [6, 6.07) is 12.4. The summed E-state index contributed by atoms with van der Waals surface area (Å²) in [6.07, 6.45) is 0.733. The Labute approximate surface area is 150 Å². The van der Waals surface area contributed by atoms with E-state index in [2.05, 4.69) is 4.98 Å². The topological polar surface area (TPSA) is 82.4 Å². The molecule has 0 radical (unpaired) electrons. The molecular formula is C19H18ClN3O2. The summed E-state index contributed by atoms with van der Waals surface area (Å²) in [6.45, 7) is 0.527. The highest BCUT2D eigenvalue weighted by Crippen LogP contribution is 2.39. The highest BCUT2D eigenvalue weighted by molar-refractivity contribution is 6.31. The number of carbonyl (C=O) groups is 1. The van der Waals surface area contributed by atoms with E-state index < -0.39 is 0 Å². The van der Waals surface area contributed by atoms with Crippen LogP contribution in [0.15, 0.2) is 42.5 Å². The lowest BCUT2D eigenvalue weighted by Gasteiger charge is -2.36. The molecule has 6 heteroatoms. The number of phenols is 1. The number of halogens is 1. The zero-order chi connectivity index (χ0) is 17.6. The molecule has 1 aromatic heterocycles. The van der Waals surface area contributed by atoms with Gasteiger partial charge < -0.3 is 20.7 Å². The Kier molecular flexibility index (Phi) is 3.90. The molecule has 0 bridgehead atoms. The summed E-state index contributed by atoms with van der Waals surface area (Å²) in [7, 11) is 0. The van der Waals surface area contributed by atoms with Crippen molar-refractivity contribution in [3.05, 3.63) is 64.3 Å². The van der Waals surface area contributed by atoms with Crippen LogP contribution in [0.1, 0.15) is 22.9 Å². The maximum Gasteiger partial charge on any atom is 0.237 e. The van der Waals surface area contributed by atoms with Gasteiger partial charge in [-0.1, -0.05) is 23.7 Å². The van der Waals surface area contributed by atoms with E-state index in [0.717, 1.165) is 34.1 Å². The van der Waals surface area contributed by atoms with Crippen molar-refractivity contribution < 1.29 is 9.90 Å². The van der Waals surface area contributed by atoms with Crippen LogP contribution in [0.5, 0.6) is 5.75 Å². The third-order valence-electron chi connectivity index (χ3n) is 4.77. The van der Waals surface area contributed by atoms with E-state index in [9.17, 15) is 9.90 Å². The third-order valence-corrected chi connectivity index (χ3v) is 5.01. The van der Waals surface area contributed by atoms with Gasteiger partial charge >= 0.3 is 0 Å². The molecule has 2 heterocycles. The first-order valence-corrected chi connectivity index (χ1v) is 8.54. The van der Waals surface area contributed by atoms with E-state index in [-0.39, 0.29) is 24.2 Å². The van der Waals surface area contributed by atoms with E-state index in [0.29, 0.717) is 11.6 Å². The number of H-pyrrole nitrogens is 1. The van der Waals surface area contributed by atoms with Crippen LogP contribution in [0.4, 0.5) is 0 Å². The van der Waals surface area contributed by atoms with Gasteiger partial charge in [0.1, 0.15) is 5.75 Å². The SMILES string of the molecule is NCC(=O)N1CCc2c([nH]c3ccc(Cl)cc23)C1c1cccc(O)c1. The predicted molar refractivity (Wildman–Crippen MR) is 97.7 cm³/mol. The van der Waals surface area contributed by atoms with Crippen molar-refractivity contribution in [3.8, 4) is 5.75 Å². The molecule has 4 N–H and O–H groups in total. The van der Waals surface area contributed by atoms with E-state index >= 15 is 0 Å². The molecule has 1 amide bonds. The van der Waals surface area contributed by atoms with Crippen LogP contribution < -0.4 is 5.73 Å². The summed E-state index contributed by atoms with van der Waals surface area (Å²) in [5.41, 5.74) is 9.57. The van der Waals surface area contributed by atoms with Gasteiger partial charge in [-0.05, 0) is 47.9 Å². The van der Waals surface area contributed by atoms with Crippen LogP contribution in [0.25, 0.3) is 10.9 Å². The summed E-state index contributed by atoms with van der Waals surface area (Å²) in [5.74, 6) is 0.0552. The van der Waals surface area contributed by atoms with Crippen LogP contribution in [0.3, 0.4) is 0 Å². The molecule has 2 aromatic carbocycles. The van der Waals surface area contributed by atoms with Crippen LogP contribution >= 0.6 is 11.6 Å². The number of hydrogen-bond acceptors (Lipinski definition) is 3. The zero-order valence-corrected chi connectivity index (χ0v) is 14.3. The average Bonchev–Trinajstić information content (AvgIpc) is 2.98. The van der Waals surface area contributed by atoms with E-state index in [4.69, 9.17) is 17.3 Å². The number of nitrogens with one attached hydrogen (secondary N) is 1. The van der Waals surface area contributed by atoms with Crippen LogP contribution in [-0.2, 0) is 11.2 Å². The number of nitrogens with two attached hydrogens (primary N) is 1. The Morgan fingerprint density at radius 2 is 2.16 bits per heavy atom. The van der Waals surface area contributed by atoms with Gasteiger partial charge in [0.2, 0.25) is 5.91 Å². The van der Waals surface area contributed by atoms with E-state index in [1.807, 2.05) is 24.3 Å². The number of carbonyl (C=O) groups excluding carboxylic acids is 1. The van der Waals surface area contributed by atoms with Gasteiger partial charge in [-0.3, -0.25) is 4.79 Å². The molecule has 1 atom stereocenters. The van der Waals surface area contributed by atoms with Crippen molar-refractivity contribution in [1.82, 2.24) is 9.88 Å². The van der Waals surface area contributed by atoms with Gasteiger partial charge in [-0.15, -0.1) is 0 Å². The molecule has 0 saturated carbocycles. The second-order valence-electron chi connectivity index (χ2n) is 6.25. The second-order valence-corrected chi connectivity index (χ2v) is 6.68. The molecular weight excluding hydrogens is 338 g/mol. The fourth-order valence-corrected chi connectivity index (χ4v) is 3.86. The number of aromatic amines is 1. The first-order chi connectivity index (χ1) is 12.1. The number of rotatable bonds is 2. The first kappa shape index (κ1) is 16.0. The molecule has 0 aliphatic carbocycles. The van der Waals surface area contributed by atoms with Crippen molar-refractivity contribution in [2.75, 3.05) is 13.1 Å². The molecule has 0 saturated heterocycles. The van der Waals surface area contributed by atoms with Crippen LogP contribution in [0, 0.1) is 0 Å². The maximum absolute atomic E-state index is 12.4. The molecule has 1 unspecified atom stereocenters. The number of nitrogens with zero attached hydrogens (tertiary/aromatic N) is 1. The highest BCUT2D eigenvalue weighted by atomic mass is 35.5. The molecule has 3 aromatic rings. The van der Waals surface area contributed by atoms with Crippen LogP contribution in [0.2, 0.25) is 5.02 Å². The van der Waals surface area contributed by atoms with Crippen molar-refractivity contribution in [2.45, 2.75) is 12.5 Å². The number of fused-ring (bicyclic) bond motifs is 3. The number of aromatic hydroxyl groups is 1. The Morgan fingerprint density at radius 3 is 2.92 bits per heavy atom. The summed E-state index contributed by atoms with van der Waals surface area (Å²) in [5, 5.41) is 11.7. The Bertz CT molecular complexity index is 966. The van der Waals surface area contributed by atoms with Crippen molar-refractivity contribution in [3.63, 3.8) is 0 Å². The molecule has 25 heavy (non-hydrogen) atoms. The highest BCUT2D eigenvalue weighted by Gasteiger charge is 2.34. The normalized spacial score (nSPS) is 16.9. The maximum atomic E-state index is 12.4. The summed E-state index contributed by atoms with van der Waals surface area (Å²) < 4.78 is 0. The van der Waals surface area contributed by atoms with Gasteiger partial charge in [-0.2, -0.15) is 0 Å². The number of benzene rings is 2. The average molecular weight is 356 g/mol. The van der Waals surface area contributed by atoms with Gasteiger partial charge in [0.05, 0.1) is 12.6 Å². The minimum Gasteiger partial charge on any atom is -0.508 e. The standard InChI is InChI=1S/C19H18ClN3O2/c20-12-4-5-16-15(9-12)14-6-7-23(17(25)10-21)19(18(14)22-16)11-2-1-3-13(24)8-11/h1-5,8-9,19,22,24H,6-7,10,21H2. The number of hydrogen-bond donors (Lipinski definition) is 3. The number of amides is 1. The van der Waals surface area contributed by atoms with Gasteiger partial charge in [0, 0.05) is 28.2 Å². The lowest BCUT2D eigenvalue weighted by Crippen LogP contribution is -2.43. The van der Waals surface area contributed by atoms with Gasteiger partial charge in [0.15, 0.2) is 0 Å². The Hall–Kier alpha value is -2.50. The number of phenolic OH excluding ortho intramolecular Hbond substituents is 1. The van der Waals surface area contributed by atoms with Gasteiger partial charge in [0.25, 0.3) is 0 Å². The zero-order valence-electron chi connectivity index (χ0n) is 13.5. The molecule has 4 rings (SSSR count). The molecule has 0 fully saturated rings. The molecule has 1 aliphatic rings. The fraction of sp³-hybridized carbons (Fsp3) is 0.211. The molecule has 5 nitrogen and oxygen atoms in total. The predicted octanol–water partition coefficient (Wildman–Crippen LogP) is 2.96. The van der Waals surface area contributed by atoms with E-state index in [1.54, 1.807) is 23.1 Å². The Morgan fingerprint density at radius 1 is 1.32 bits per heavy atom. The van der Waals surface area contributed by atoms with E-state index in [1.165, 1.54) is 0 Å². The van der Waals surface area contributed by atoms with Crippen molar-refractivity contribution >= 4 is 28.4 Å². The number of aromatic nitrogens is 1. The molecule has 128 valence electrons. The van der Waals surface area contributed by atoms with Gasteiger partial charge in [-0.25, -0.2) is 0 Å². The summed E-state index contributed by atoms with van der Waals surface area (Å²) >= 11 is 6.17. The monoisotopic (exact) mass is 355 g/mol. The molecule has 1 aliphatic heterocycles. The quantitative estimate of drug-likeness (QED) is 0.661. The second kappa shape index (κ2) is 6.10. The lowest BCUT2D eigenvalue weighted by atomic mass is 9.92. The van der Waals surface area contributed by atoms with Crippen molar-refractivity contribution in [1.29, 1.82) is 0 Å². The fourth-order valence-electron chi connectivity index (χ4n) is 3.69. The Balaban J connectivity index is 1.93. The third kappa shape index (κ3) is 2.65. The van der Waals surface area contributed by atoms with Crippen LogP contribution in [-0.4, -0.2) is 34.0 Å². The summed E-state index contributed by atoms with van der Waals surface area (Å²) in [4.78, 5) is 17.6. The van der Waals surface area contributed by atoms with Crippen molar-refractivity contribution in [2.24, 2.45) is 5.73 Å².